The highest BCUT2D eigenvalue weighted by Crippen LogP contribution is 2.43. The molecule has 4 rings (SSSR count). The molecule has 1 aliphatic rings. The molecule has 1 saturated heterocycles. The van der Waals surface area contributed by atoms with Crippen LogP contribution in [0.1, 0.15) is 17.2 Å². The molecule has 0 bridgehead atoms. The van der Waals surface area contributed by atoms with Gasteiger partial charge in [-0.3, -0.25) is 14.5 Å². The van der Waals surface area contributed by atoms with E-state index in [1.165, 1.54) is 18.1 Å². The van der Waals surface area contributed by atoms with E-state index in [1.807, 2.05) is 6.07 Å². The normalized spacial score (nSPS) is 17.8. The second-order valence-electron chi connectivity index (χ2n) is 6.91. The first-order valence-corrected chi connectivity index (χ1v) is 10.1. The SMILES string of the molecule is COc1cc(/C(O)=C2\C(=O)C(=O)N(c3cccc(Cl)c3)C2c2ccccc2)ccc1Cl. The Morgan fingerprint density at radius 1 is 0.968 bits per heavy atom. The molecule has 31 heavy (non-hydrogen) atoms. The summed E-state index contributed by atoms with van der Waals surface area (Å²) in [7, 11) is 1.45. The summed E-state index contributed by atoms with van der Waals surface area (Å²) in [5.41, 5.74) is 1.41. The molecular formula is C24H17Cl2NO4. The third-order valence-corrected chi connectivity index (χ3v) is 5.62. The molecule has 3 aromatic rings. The molecule has 1 aliphatic heterocycles. The maximum atomic E-state index is 13.1. The van der Waals surface area contributed by atoms with Gasteiger partial charge < -0.3 is 9.84 Å². The number of nitrogens with zero attached hydrogens (tertiary/aromatic N) is 1. The van der Waals surface area contributed by atoms with Crippen molar-refractivity contribution in [2.75, 3.05) is 12.0 Å². The number of hydrogen-bond acceptors (Lipinski definition) is 4. The van der Waals surface area contributed by atoms with E-state index in [2.05, 4.69) is 0 Å². The van der Waals surface area contributed by atoms with E-state index in [-0.39, 0.29) is 11.3 Å². The van der Waals surface area contributed by atoms with Gasteiger partial charge in [0.25, 0.3) is 11.7 Å². The zero-order chi connectivity index (χ0) is 22.1. The number of aliphatic hydroxyl groups is 1. The largest absolute Gasteiger partial charge is 0.507 e. The number of ketones is 1. The zero-order valence-electron chi connectivity index (χ0n) is 16.4. The smallest absolute Gasteiger partial charge is 0.300 e. The summed E-state index contributed by atoms with van der Waals surface area (Å²) in [6.45, 7) is 0. The molecule has 1 heterocycles. The summed E-state index contributed by atoms with van der Waals surface area (Å²) in [4.78, 5) is 27.5. The van der Waals surface area contributed by atoms with Gasteiger partial charge in [0, 0.05) is 16.3 Å². The molecule has 1 N–H and O–H groups in total. The average molecular weight is 454 g/mol. The van der Waals surface area contributed by atoms with E-state index in [9.17, 15) is 14.7 Å². The molecular weight excluding hydrogens is 437 g/mol. The van der Waals surface area contributed by atoms with Crippen LogP contribution in [-0.4, -0.2) is 23.9 Å². The van der Waals surface area contributed by atoms with Gasteiger partial charge in [0.05, 0.1) is 23.7 Å². The van der Waals surface area contributed by atoms with Crippen molar-refractivity contribution in [3.05, 3.63) is 99.5 Å². The Morgan fingerprint density at radius 2 is 1.71 bits per heavy atom. The lowest BCUT2D eigenvalue weighted by Gasteiger charge is -2.25. The van der Waals surface area contributed by atoms with Crippen LogP contribution < -0.4 is 9.64 Å². The topological polar surface area (TPSA) is 66.8 Å². The number of amides is 1. The maximum Gasteiger partial charge on any atom is 0.300 e. The molecule has 1 fully saturated rings. The average Bonchev–Trinajstić information content (AvgIpc) is 3.05. The van der Waals surface area contributed by atoms with Crippen LogP contribution in [0, 0.1) is 0 Å². The quantitative estimate of drug-likeness (QED) is 0.315. The highest BCUT2D eigenvalue weighted by atomic mass is 35.5. The fourth-order valence-electron chi connectivity index (χ4n) is 3.64. The summed E-state index contributed by atoms with van der Waals surface area (Å²) < 4.78 is 5.22. The molecule has 0 aliphatic carbocycles. The van der Waals surface area contributed by atoms with Crippen molar-refractivity contribution in [2.45, 2.75) is 6.04 Å². The fraction of sp³-hybridized carbons (Fsp3) is 0.0833. The standard InChI is InChI=1S/C24H17Cl2NO4/c1-31-19-12-15(10-11-18(19)26)22(28)20-21(14-6-3-2-4-7-14)27(24(30)23(20)29)17-9-5-8-16(25)13-17/h2-13,21,28H,1H3/b22-20+. The number of carbonyl (C=O) groups is 2. The number of anilines is 1. The lowest BCUT2D eigenvalue weighted by molar-refractivity contribution is -0.132. The van der Waals surface area contributed by atoms with Crippen LogP contribution >= 0.6 is 23.2 Å². The van der Waals surface area contributed by atoms with E-state index in [0.29, 0.717) is 32.6 Å². The summed E-state index contributed by atoms with van der Waals surface area (Å²) >= 11 is 12.2. The number of methoxy groups -OCH3 is 1. The van der Waals surface area contributed by atoms with Crippen molar-refractivity contribution in [3.8, 4) is 5.75 Å². The van der Waals surface area contributed by atoms with Gasteiger partial charge in [0.1, 0.15) is 11.5 Å². The lowest BCUT2D eigenvalue weighted by atomic mass is 9.95. The number of carbonyl (C=O) groups excluding carboxylic acids is 2. The highest BCUT2D eigenvalue weighted by molar-refractivity contribution is 6.51. The minimum absolute atomic E-state index is 0.0273. The summed E-state index contributed by atoms with van der Waals surface area (Å²) in [5.74, 6) is -1.52. The number of halogens is 2. The molecule has 0 spiro atoms. The summed E-state index contributed by atoms with van der Waals surface area (Å²) in [5, 5.41) is 11.9. The summed E-state index contributed by atoms with van der Waals surface area (Å²) in [6, 6.07) is 19.5. The third-order valence-electron chi connectivity index (χ3n) is 5.07. The Labute approximate surface area is 189 Å². The zero-order valence-corrected chi connectivity index (χ0v) is 17.9. The van der Waals surface area contributed by atoms with E-state index < -0.39 is 17.7 Å². The van der Waals surface area contributed by atoms with Gasteiger partial charge in [-0.15, -0.1) is 0 Å². The Bertz CT molecular complexity index is 1210. The van der Waals surface area contributed by atoms with Gasteiger partial charge in [0.15, 0.2) is 0 Å². The molecule has 1 amide bonds. The fourth-order valence-corrected chi connectivity index (χ4v) is 4.02. The van der Waals surface area contributed by atoms with Gasteiger partial charge in [-0.2, -0.15) is 0 Å². The van der Waals surface area contributed by atoms with Crippen LogP contribution in [0.25, 0.3) is 5.76 Å². The lowest BCUT2D eigenvalue weighted by Crippen LogP contribution is -2.29. The van der Waals surface area contributed by atoms with Crippen LogP contribution in [0.3, 0.4) is 0 Å². The molecule has 0 aromatic heterocycles. The van der Waals surface area contributed by atoms with Gasteiger partial charge >= 0.3 is 0 Å². The van der Waals surface area contributed by atoms with Crippen molar-refractivity contribution < 1.29 is 19.4 Å². The number of benzene rings is 3. The molecule has 0 saturated carbocycles. The van der Waals surface area contributed by atoms with E-state index in [4.69, 9.17) is 27.9 Å². The third kappa shape index (κ3) is 3.78. The second kappa shape index (κ2) is 8.46. The van der Waals surface area contributed by atoms with Crippen LogP contribution in [0.2, 0.25) is 10.0 Å². The van der Waals surface area contributed by atoms with E-state index in [0.717, 1.165) is 0 Å². The van der Waals surface area contributed by atoms with E-state index in [1.54, 1.807) is 60.7 Å². The molecule has 1 unspecified atom stereocenters. The van der Waals surface area contributed by atoms with Crippen molar-refractivity contribution in [2.24, 2.45) is 0 Å². The van der Waals surface area contributed by atoms with Crippen LogP contribution in [0.4, 0.5) is 5.69 Å². The van der Waals surface area contributed by atoms with Gasteiger partial charge in [0.2, 0.25) is 0 Å². The first-order valence-electron chi connectivity index (χ1n) is 9.38. The number of Topliss-reactive ketones (excluding diaryl/α,β-unsaturated/α-hetero) is 1. The Balaban J connectivity index is 1.95. The molecule has 3 aromatic carbocycles. The van der Waals surface area contributed by atoms with Crippen LogP contribution in [0.5, 0.6) is 5.75 Å². The van der Waals surface area contributed by atoms with Gasteiger partial charge in [-0.1, -0.05) is 59.6 Å². The maximum absolute atomic E-state index is 13.1. The predicted octanol–water partition coefficient (Wildman–Crippen LogP) is 5.63. The van der Waals surface area contributed by atoms with Crippen molar-refractivity contribution in [3.63, 3.8) is 0 Å². The Hall–Kier alpha value is -3.28. The first-order chi connectivity index (χ1) is 14.9. The summed E-state index contributed by atoms with van der Waals surface area (Å²) in [6.07, 6.45) is 0. The van der Waals surface area contributed by atoms with Crippen molar-refractivity contribution >= 4 is 46.3 Å². The predicted molar refractivity (Wildman–Crippen MR) is 121 cm³/mol. The van der Waals surface area contributed by atoms with Crippen LogP contribution in [-0.2, 0) is 9.59 Å². The second-order valence-corrected chi connectivity index (χ2v) is 7.75. The monoisotopic (exact) mass is 453 g/mol. The van der Waals surface area contributed by atoms with Crippen molar-refractivity contribution in [1.29, 1.82) is 0 Å². The minimum Gasteiger partial charge on any atom is -0.507 e. The minimum atomic E-state index is -0.832. The molecule has 0 radical (unpaired) electrons. The molecule has 7 heteroatoms. The molecule has 156 valence electrons. The Kier molecular flexibility index (Phi) is 5.72. The molecule has 1 atom stereocenters. The molecule has 5 nitrogen and oxygen atoms in total. The number of rotatable bonds is 4. The number of aliphatic hydroxyl groups excluding tert-OH is 1. The number of ether oxygens (including phenoxy) is 1. The first kappa shape index (κ1) is 21.0. The van der Waals surface area contributed by atoms with E-state index >= 15 is 0 Å². The number of hydrogen-bond donors (Lipinski definition) is 1. The van der Waals surface area contributed by atoms with Crippen LogP contribution in [0.15, 0.2) is 78.4 Å². The van der Waals surface area contributed by atoms with Crippen molar-refractivity contribution in [1.82, 2.24) is 0 Å². The van der Waals surface area contributed by atoms with Gasteiger partial charge in [-0.05, 0) is 42.0 Å². The van der Waals surface area contributed by atoms with Gasteiger partial charge in [-0.25, -0.2) is 0 Å². The Morgan fingerprint density at radius 3 is 2.39 bits per heavy atom. The highest BCUT2D eigenvalue weighted by Gasteiger charge is 2.47.